The Kier molecular flexibility index (Phi) is 5.54. The van der Waals surface area contributed by atoms with Gasteiger partial charge in [0.05, 0.1) is 9.88 Å². The minimum absolute atomic E-state index is 1.11. The van der Waals surface area contributed by atoms with E-state index in [4.69, 9.17) is 0 Å². The monoisotopic (exact) mass is 285 g/mol. The molecule has 0 fully saturated rings. The quantitative estimate of drug-likeness (QED) is 0.626. The number of unbranched alkanes of at least 4 members (excludes halogenated alkanes) is 2. The molecule has 20 heavy (non-hydrogen) atoms. The van der Waals surface area contributed by atoms with Crippen LogP contribution in [0, 0.1) is 6.92 Å². The summed E-state index contributed by atoms with van der Waals surface area (Å²) in [5, 5.41) is 1.27. The minimum atomic E-state index is 1.11. The highest BCUT2D eigenvalue weighted by Gasteiger charge is 2.10. The van der Waals surface area contributed by atoms with Gasteiger partial charge in [-0.15, -0.1) is 11.3 Å². The minimum Gasteiger partial charge on any atom is -0.249 e. The lowest BCUT2D eigenvalue weighted by atomic mass is 10.00. The Morgan fingerprint density at radius 1 is 1.25 bits per heavy atom. The van der Waals surface area contributed by atoms with Crippen molar-refractivity contribution in [3.05, 3.63) is 57.6 Å². The van der Waals surface area contributed by atoms with E-state index in [1.54, 1.807) is 0 Å². The molecular formula is C18H23NS. The van der Waals surface area contributed by atoms with Crippen molar-refractivity contribution in [3.8, 4) is 0 Å². The highest BCUT2D eigenvalue weighted by molar-refractivity contribution is 7.12. The lowest BCUT2D eigenvalue weighted by Crippen LogP contribution is -1.88. The van der Waals surface area contributed by atoms with Gasteiger partial charge in [-0.3, -0.25) is 0 Å². The van der Waals surface area contributed by atoms with E-state index in [9.17, 15) is 0 Å². The van der Waals surface area contributed by atoms with Gasteiger partial charge in [0.15, 0.2) is 0 Å². The molecule has 0 N–H and O–H groups in total. The molecule has 0 aliphatic rings. The molecule has 0 unspecified atom stereocenters. The van der Waals surface area contributed by atoms with Gasteiger partial charge in [-0.1, -0.05) is 50.1 Å². The molecule has 2 rings (SSSR count). The molecule has 1 heterocycles. The summed E-state index contributed by atoms with van der Waals surface area (Å²) < 4.78 is 0. The third-order valence-electron chi connectivity index (χ3n) is 3.54. The van der Waals surface area contributed by atoms with Crippen molar-refractivity contribution in [3.63, 3.8) is 0 Å². The van der Waals surface area contributed by atoms with Gasteiger partial charge in [-0.25, -0.2) is 4.98 Å². The first-order valence-electron chi connectivity index (χ1n) is 7.43. The summed E-state index contributed by atoms with van der Waals surface area (Å²) in [4.78, 5) is 5.88. The van der Waals surface area contributed by atoms with Crippen molar-refractivity contribution in [1.82, 2.24) is 4.98 Å². The Labute approximate surface area is 126 Å². The van der Waals surface area contributed by atoms with E-state index in [-0.39, 0.29) is 0 Å². The molecule has 1 aromatic carbocycles. The third-order valence-corrected chi connectivity index (χ3v) is 4.63. The Morgan fingerprint density at radius 3 is 2.75 bits per heavy atom. The summed E-state index contributed by atoms with van der Waals surface area (Å²) in [6, 6.07) is 8.56. The summed E-state index contributed by atoms with van der Waals surface area (Å²) in [7, 11) is 0. The maximum absolute atomic E-state index is 4.59. The Bertz CT molecular complexity index is 581. The number of hydrogen-bond acceptors (Lipinski definition) is 2. The second kappa shape index (κ2) is 7.39. The first-order valence-corrected chi connectivity index (χ1v) is 8.25. The first-order chi connectivity index (χ1) is 9.76. The number of benzene rings is 1. The molecule has 2 heteroatoms. The zero-order chi connectivity index (χ0) is 14.4. The summed E-state index contributed by atoms with van der Waals surface area (Å²) in [5.41, 5.74) is 3.95. The predicted octanol–water partition coefficient (Wildman–Crippen LogP) is 5.64. The van der Waals surface area contributed by atoms with Crippen molar-refractivity contribution < 1.29 is 0 Å². The van der Waals surface area contributed by atoms with E-state index in [1.807, 2.05) is 17.5 Å². The van der Waals surface area contributed by atoms with Crippen molar-refractivity contribution in [1.29, 1.82) is 0 Å². The Balaban J connectivity index is 2.19. The van der Waals surface area contributed by atoms with Crippen LogP contribution in [0.2, 0.25) is 0 Å². The Morgan fingerprint density at radius 2 is 2.05 bits per heavy atom. The molecule has 0 amide bonds. The van der Waals surface area contributed by atoms with Crippen LogP contribution in [0.15, 0.2) is 36.5 Å². The molecule has 0 radical (unpaired) electrons. The first kappa shape index (κ1) is 15.0. The fourth-order valence-electron chi connectivity index (χ4n) is 2.38. The number of aryl methyl sites for hydroxylation is 2. The van der Waals surface area contributed by atoms with Crippen LogP contribution in [-0.2, 0) is 6.42 Å². The molecule has 2 aromatic rings. The van der Waals surface area contributed by atoms with Gasteiger partial charge in [-0.2, -0.15) is 0 Å². The number of hydrogen-bond donors (Lipinski definition) is 0. The highest BCUT2D eigenvalue weighted by atomic mass is 32.1. The van der Waals surface area contributed by atoms with Gasteiger partial charge >= 0.3 is 0 Å². The van der Waals surface area contributed by atoms with Crippen LogP contribution >= 0.6 is 11.3 Å². The van der Waals surface area contributed by atoms with Crippen LogP contribution in [0.1, 0.15) is 54.1 Å². The van der Waals surface area contributed by atoms with Gasteiger partial charge in [0.1, 0.15) is 0 Å². The van der Waals surface area contributed by atoms with Crippen molar-refractivity contribution in [2.24, 2.45) is 0 Å². The van der Waals surface area contributed by atoms with Crippen LogP contribution in [-0.4, -0.2) is 4.98 Å². The number of nitrogens with zero attached hydrogens (tertiary/aromatic N) is 1. The topological polar surface area (TPSA) is 12.9 Å². The zero-order valence-corrected chi connectivity index (χ0v) is 13.5. The summed E-state index contributed by atoms with van der Waals surface area (Å²) in [6.07, 6.45) is 9.16. The lowest BCUT2D eigenvalue weighted by Gasteiger charge is -2.07. The molecular weight excluding hydrogens is 262 g/mol. The van der Waals surface area contributed by atoms with Crippen molar-refractivity contribution >= 4 is 16.9 Å². The number of allylic oxidation sites excluding steroid dienone is 1. The SMILES string of the molecule is C/C=C(/c1cnc(CCCCC)s1)c1ccccc1C. The maximum Gasteiger partial charge on any atom is 0.0931 e. The summed E-state index contributed by atoms with van der Waals surface area (Å²) in [6.45, 7) is 6.52. The molecule has 0 aliphatic heterocycles. The number of aromatic nitrogens is 1. The molecule has 0 atom stereocenters. The number of thiazole rings is 1. The largest absolute Gasteiger partial charge is 0.249 e. The number of rotatable bonds is 6. The molecule has 1 aromatic heterocycles. The average Bonchev–Trinajstić information content (AvgIpc) is 2.91. The molecule has 0 saturated heterocycles. The highest BCUT2D eigenvalue weighted by Crippen LogP contribution is 2.30. The van der Waals surface area contributed by atoms with Crippen molar-refractivity contribution in [2.75, 3.05) is 0 Å². The smallest absolute Gasteiger partial charge is 0.0931 e. The second-order valence-electron chi connectivity index (χ2n) is 5.09. The Hall–Kier alpha value is -1.41. The van der Waals surface area contributed by atoms with E-state index in [0.29, 0.717) is 0 Å². The fraction of sp³-hybridized carbons (Fsp3) is 0.389. The van der Waals surface area contributed by atoms with E-state index in [0.717, 1.165) is 6.42 Å². The van der Waals surface area contributed by atoms with Gasteiger partial charge in [-0.05, 0) is 43.4 Å². The van der Waals surface area contributed by atoms with Crippen molar-refractivity contribution in [2.45, 2.75) is 46.5 Å². The summed E-state index contributed by atoms with van der Waals surface area (Å²) in [5.74, 6) is 0. The molecule has 0 saturated carbocycles. The fourth-order valence-corrected chi connectivity index (χ4v) is 3.43. The molecule has 0 spiro atoms. The van der Waals surface area contributed by atoms with E-state index >= 15 is 0 Å². The van der Waals surface area contributed by atoms with E-state index in [2.05, 4.69) is 56.1 Å². The molecule has 1 nitrogen and oxygen atoms in total. The van der Waals surface area contributed by atoms with Crippen LogP contribution < -0.4 is 0 Å². The third kappa shape index (κ3) is 3.57. The average molecular weight is 285 g/mol. The standard InChI is InChI=1S/C18H23NS/c1-4-6-7-12-18-19-13-17(20-18)15(5-2)16-11-9-8-10-14(16)3/h5,8-11,13H,4,6-7,12H2,1-3H3/b15-5+. The van der Waals surface area contributed by atoms with Crippen LogP contribution in [0.5, 0.6) is 0 Å². The molecule has 0 bridgehead atoms. The summed E-state index contributed by atoms with van der Waals surface area (Å²) >= 11 is 1.84. The van der Waals surface area contributed by atoms with Gasteiger partial charge < -0.3 is 0 Å². The van der Waals surface area contributed by atoms with Gasteiger partial charge in [0.2, 0.25) is 0 Å². The van der Waals surface area contributed by atoms with Crippen LogP contribution in [0.4, 0.5) is 0 Å². The lowest BCUT2D eigenvalue weighted by molar-refractivity contribution is 0.715. The zero-order valence-electron chi connectivity index (χ0n) is 12.6. The van der Waals surface area contributed by atoms with Crippen LogP contribution in [0.3, 0.4) is 0 Å². The van der Waals surface area contributed by atoms with Gasteiger partial charge in [0, 0.05) is 6.20 Å². The van der Waals surface area contributed by atoms with E-state index < -0.39 is 0 Å². The maximum atomic E-state index is 4.59. The molecule has 106 valence electrons. The van der Waals surface area contributed by atoms with E-state index in [1.165, 1.54) is 45.8 Å². The van der Waals surface area contributed by atoms with Gasteiger partial charge in [0.25, 0.3) is 0 Å². The predicted molar refractivity (Wildman–Crippen MR) is 89.3 cm³/mol. The second-order valence-corrected chi connectivity index (χ2v) is 6.21. The van der Waals surface area contributed by atoms with Crippen LogP contribution in [0.25, 0.3) is 5.57 Å². The molecule has 0 aliphatic carbocycles. The normalized spacial score (nSPS) is 11.8.